The van der Waals surface area contributed by atoms with Gasteiger partial charge in [-0.25, -0.2) is 13.2 Å². The van der Waals surface area contributed by atoms with E-state index in [0.29, 0.717) is 17.4 Å². The van der Waals surface area contributed by atoms with Crippen molar-refractivity contribution in [3.05, 3.63) is 82.0 Å². The van der Waals surface area contributed by atoms with E-state index >= 15 is 0 Å². The molecule has 3 aromatic rings. The standard InChI is InChI=1S/C27H26F6N4O3/c28-18-7-1-2-8-20(18)40-21-10-9-19(35-25(38)17-6-4-12-37(26(17)39)15-22(29)30)24(23(21)27(31,32)33)36-11-3-5-16(13-34)14-36/h1-2,4,6-10,12,16,22H,3,5,11,13-15,34H2,(H,35,38)/t16-/m0/s1. The third-order valence-corrected chi connectivity index (χ3v) is 6.50. The van der Waals surface area contributed by atoms with E-state index in [2.05, 4.69) is 5.32 Å². The maximum absolute atomic E-state index is 14.7. The molecule has 0 radical (unpaired) electrons. The highest BCUT2D eigenvalue weighted by atomic mass is 19.4. The summed E-state index contributed by atoms with van der Waals surface area (Å²) in [5.74, 6) is -3.22. The summed E-state index contributed by atoms with van der Waals surface area (Å²) in [5, 5.41) is 2.35. The number of hydrogen-bond acceptors (Lipinski definition) is 5. The summed E-state index contributed by atoms with van der Waals surface area (Å²) in [6, 6.07) is 9.37. The average molecular weight is 569 g/mol. The van der Waals surface area contributed by atoms with Gasteiger partial charge in [-0.05, 0) is 61.7 Å². The number of halogens is 6. The molecule has 0 bridgehead atoms. The van der Waals surface area contributed by atoms with E-state index in [1.165, 1.54) is 29.2 Å². The minimum absolute atomic E-state index is 0.134. The molecule has 0 saturated carbocycles. The molecule has 1 amide bonds. The molecule has 13 heteroatoms. The number of para-hydroxylation sites is 1. The lowest BCUT2D eigenvalue weighted by Gasteiger charge is -2.37. The number of benzene rings is 2. The van der Waals surface area contributed by atoms with Crippen molar-refractivity contribution >= 4 is 17.3 Å². The highest BCUT2D eigenvalue weighted by molar-refractivity contribution is 6.06. The van der Waals surface area contributed by atoms with Crippen molar-refractivity contribution in [2.75, 3.05) is 29.9 Å². The smallest absolute Gasteiger partial charge is 0.422 e. The van der Waals surface area contributed by atoms with Gasteiger partial charge in [0, 0.05) is 19.3 Å². The maximum Gasteiger partial charge on any atom is 0.422 e. The van der Waals surface area contributed by atoms with Crippen LogP contribution in [0.15, 0.2) is 59.5 Å². The molecule has 0 unspecified atom stereocenters. The maximum atomic E-state index is 14.7. The van der Waals surface area contributed by atoms with Crippen molar-refractivity contribution in [3.8, 4) is 11.5 Å². The number of anilines is 2. The second kappa shape index (κ2) is 12.0. The summed E-state index contributed by atoms with van der Waals surface area (Å²) in [6.45, 7) is -0.408. The molecule has 0 aliphatic carbocycles. The molecule has 40 heavy (non-hydrogen) atoms. The summed E-state index contributed by atoms with van der Waals surface area (Å²) in [6.07, 6.45) is -5.60. The number of nitrogens with zero attached hydrogens (tertiary/aromatic N) is 2. The molecule has 4 rings (SSSR count). The molecule has 2 heterocycles. The summed E-state index contributed by atoms with van der Waals surface area (Å²) in [5.41, 5.74) is 2.26. The molecule has 1 aliphatic rings. The van der Waals surface area contributed by atoms with Crippen LogP contribution in [0.2, 0.25) is 0 Å². The zero-order valence-electron chi connectivity index (χ0n) is 21.1. The van der Waals surface area contributed by atoms with E-state index in [1.807, 2.05) is 0 Å². The molecular formula is C27H26F6N4O3. The van der Waals surface area contributed by atoms with Crippen LogP contribution in [0, 0.1) is 11.7 Å². The highest BCUT2D eigenvalue weighted by Gasteiger charge is 2.41. The minimum Gasteiger partial charge on any atom is -0.454 e. The first-order valence-electron chi connectivity index (χ1n) is 12.4. The second-order valence-electron chi connectivity index (χ2n) is 9.28. The van der Waals surface area contributed by atoms with E-state index in [4.69, 9.17) is 10.5 Å². The van der Waals surface area contributed by atoms with E-state index in [9.17, 15) is 35.9 Å². The first-order valence-corrected chi connectivity index (χ1v) is 12.4. The van der Waals surface area contributed by atoms with Gasteiger partial charge in [0.2, 0.25) is 0 Å². The van der Waals surface area contributed by atoms with Crippen LogP contribution in [-0.2, 0) is 12.7 Å². The third-order valence-electron chi connectivity index (χ3n) is 6.50. The first-order chi connectivity index (χ1) is 19.0. The second-order valence-corrected chi connectivity index (χ2v) is 9.28. The average Bonchev–Trinajstić information content (AvgIpc) is 2.90. The Morgan fingerprint density at radius 3 is 2.52 bits per heavy atom. The van der Waals surface area contributed by atoms with Crippen molar-refractivity contribution < 1.29 is 35.9 Å². The first kappa shape index (κ1) is 29.0. The number of carbonyl (C=O) groups is 1. The van der Waals surface area contributed by atoms with Crippen LogP contribution in [0.25, 0.3) is 0 Å². The van der Waals surface area contributed by atoms with Gasteiger partial charge in [-0.1, -0.05) is 12.1 Å². The number of rotatable bonds is 8. The molecule has 0 spiro atoms. The summed E-state index contributed by atoms with van der Waals surface area (Å²) in [4.78, 5) is 27.2. The van der Waals surface area contributed by atoms with Crippen molar-refractivity contribution in [1.29, 1.82) is 0 Å². The molecule has 1 fully saturated rings. The normalized spacial score (nSPS) is 15.8. The van der Waals surface area contributed by atoms with E-state index in [1.54, 1.807) is 0 Å². The number of ether oxygens (including phenoxy) is 1. The van der Waals surface area contributed by atoms with Crippen molar-refractivity contribution in [3.63, 3.8) is 0 Å². The fourth-order valence-corrected chi connectivity index (χ4v) is 4.66. The van der Waals surface area contributed by atoms with Gasteiger partial charge in [-0.3, -0.25) is 9.59 Å². The predicted octanol–water partition coefficient (Wildman–Crippen LogP) is 5.49. The molecule has 214 valence electrons. The van der Waals surface area contributed by atoms with Gasteiger partial charge in [-0.2, -0.15) is 13.2 Å². The van der Waals surface area contributed by atoms with Gasteiger partial charge in [0.15, 0.2) is 11.6 Å². The molecule has 3 N–H and O–H groups in total. The fourth-order valence-electron chi connectivity index (χ4n) is 4.66. The van der Waals surface area contributed by atoms with Gasteiger partial charge in [0.05, 0.1) is 17.9 Å². The predicted molar refractivity (Wildman–Crippen MR) is 137 cm³/mol. The summed E-state index contributed by atoms with van der Waals surface area (Å²) >= 11 is 0. The topological polar surface area (TPSA) is 89.6 Å². The van der Waals surface area contributed by atoms with Crippen LogP contribution in [0.3, 0.4) is 0 Å². The third kappa shape index (κ3) is 6.41. The van der Waals surface area contributed by atoms with E-state index in [0.717, 1.165) is 30.5 Å². The number of hydrogen-bond donors (Lipinski definition) is 2. The Kier molecular flexibility index (Phi) is 8.72. The Bertz CT molecular complexity index is 1430. The lowest BCUT2D eigenvalue weighted by molar-refractivity contribution is -0.138. The largest absolute Gasteiger partial charge is 0.454 e. The quantitative estimate of drug-likeness (QED) is 0.351. The minimum atomic E-state index is -5.01. The molecule has 1 aliphatic heterocycles. The van der Waals surface area contributed by atoms with E-state index in [-0.39, 0.29) is 31.2 Å². The van der Waals surface area contributed by atoms with Crippen LogP contribution in [0.5, 0.6) is 11.5 Å². The Hall–Kier alpha value is -4.00. The SMILES string of the molecule is NC[C@@H]1CCCN(c2c(NC(=O)c3cccn(CC(F)F)c3=O)ccc(Oc3ccccc3F)c2C(F)(F)F)C1. The van der Waals surface area contributed by atoms with Gasteiger partial charge in [0.1, 0.15) is 16.9 Å². The number of amides is 1. The summed E-state index contributed by atoms with van der Waals surface area (Å²) < 4.78 is 90.0. The molecule has 1 aromatic heterocycles. The van der Waals surface area contributed by atoms with Crippen LogP contribution < -0.4 is 26.2 Å². The number of pyridine rings is 1. The number of piperidine rings is 1. The molecule has 1 atom stereocenters. The van der Waals surface area contributed by atoms with Crippen LogP contribution >= 0.6 is 0 Å². The Labute approximate surface area is 225 Å². The van der Waals surface area contributed by atoms with Crippen molar-refractivity contribution in [2.24, 2.45) is 11.7 Å². The van der Waals surface area contributed by atoms with Gasteiger partial charge >= 0.3 is 6.18 Å². The molecule has 7 nitrogen and oxygen atoms in total. The highest BCUT2D eigenvalue weighted by Crippen LogP contribution is 2.48. The number of alkyl halides is 5. The molecule has 2 aromatic carbocycles. The van der Waals surface area contributed by atoms with E-state index < -0.39 is 64.7 Å². The number of carbonyl (C=O) groups excluding carboxylic acids is 1. The van der Waals surface area contributed by atoms with Crippen molar-refractivity contribution in [2.45, 2.75) is 32.0 Å². The lowest BCUT2D eigenvalue weighted by Crippen LogP contribution is -2.40. The Morgan fingerprint density at radius 1 is 1.10 bits per heavy atom. The summed E-state index contributed by atoms with van der Waals surface area (Å²) in [7, 11) is 0. The van der Waals surface area contributed by atoms with Gasteiger partial charge in [0.25, 0.3) is 17.9 Å². The molecule has 1 saturated heterocycles. The zero-order valence-corrected chi connectivity index (χ0v) is 21.1. The lowest BCUT2D eigenvalue weighted by atomic mass is 9.96. The number of nitrogens with one attached hydrogen (secondary N) is 1. The number of aromatic nitrogens is 1. The van der Waals surface area contributed by atoms with Crippen LogP contribution in [0.1, 0.15) is 28.8 Å². The monoisotopic (exact) mass is 568 g/mol. The van der Waals surface area contributed by atoms with Gasteiger partial charge < -0.3 is 25.3 Å². The van der Waals surface area contributed by atoms with Crippen molar-refractivity contribution in [1.82, 2.24) is 4.57 Å². The van der Waals surface area contributed by atoms with Crippen LogP contribution in [0.4, 0.5) is 37.7 Å². The Morgan fingerprint density at radius 2 is 1.85 bits per heavy atom. The fraction of sp³-hybridized carbons (Fsp3) is 0.333. The van der Waals surface area contributed by atoms with Gasteiger partial charge in [-0.15, -0.1) is 0 Å². The number of nitrogens with two attached hydrogens (primary N) is 1. The zero-order chi connectivity index (χ0) is 29.0. The van der Waals surface area contributed by atoms with Crippen LogP contribution in [-0.4, -0.2) is 36.5 Å². The Balaban J connectivity index is 1.83. The molecular weight excluding hydrogens is 542 g/mol.